The van der Waals surface area contributed by atoms with Crippen LogP contribution in [0.3, 0.4) is 0 Å². The van der Waals surface area contributed by atoms with E-state index in [4.69, 9.17) is 0 Å². The first-order valence-corrected chi connectivity index (χ1v) is 7.59. The van der Waals surface area contributed by atoms with Crippen LogP contribution < -0.4 is 10.0 Å². The van der Waals surface area contributed by atoms with Gasteiger partial charge in [0.15, 0.2) is 0 Å². The summed E-state index contributed by atoms with van der Waals surface area (Å²) in [4.78, 5) is 0. The fraction of sp³-hybridized carbons (Fsp3) is 0.500. The molecule has 6 heteroatoms. The van der Waals surface area contributed by atoms with Gasteiger partial charge in [-0.05, 0) is 12.0 Å². The van der Waals surface area contributed by atoms with E-state index in [1.165, 1.54) is 0 Å². The Morgan fingerprint density at radius 2 is 1.94 bits per heavy atom. The Morgan fingerprint density at radius 3 is 2.50 bits per heavy atom. The highest BCUT2D eigenvalue weighted by Crippen LogP contribution is 2.09. The van der Waals surface area contributed by atoms with Crippen LogP contribution in [0, 0.1) is 0 Å². The van der Waals surface area contributed by atoms with Crippen LogP contribution >= 0.6 is 0 Å². The minimum atomic E-state index is -3.33. The summed E-state index contributed by atoms with van der Waals surface area (Å²) in [7, 11) is -3.33. The van der Waals surface area contributed by atoms with Crippen molar-refractivity contribution < 1.29 is 13.5 Å². The molecule has 2 rings (SSSR count). The second-order valence-corrected chi connectivity index (χ2v) is 6.63. The summed E-state index contributed by atoms with van der Waals surface area (Å²) in [5.74, 6) is 0.0422. The van der Waals surface area contributed by atoms with Crippen LogP contribution in [0.4, 0.5) is 0 Å². The minimum Gasteiger partial charge on any atom is -0.386 e. The van der Waals surface area contributed by atoms with Crippen LogP contribution in [-0.2, 0) is 16.4 Å². The Balaban J connectivity index is 1.80. The van der Waals surface area contributed by atoms with Gasteiger partial charge in [0.2, 0.25) is 10.0 Å². The molecule has 5 nitrogen and oxygen atoms in total. The van der Waals surface area contributed by atoms with E-state index in [0.717, 1.165) is 5.56 Å². The van der Waals surface area contributed by atoms with E-state index in [2.05, 4.69) is 10.0 Å². The van der Waals surface area contributed by atoms with Crippen LogP contribution in [-0.4, -0.2) is 44.5 Å². The second-order valence-electron chi connectivity index (χ2n) is 4.70. The molecule has 1 fully saturated rings. The Bertz CT molecular complexity index is 483. The lowest BCUT2D eigenvalue weighted by Gasteiger charge is -2.37. The Hall–Kier alpha value is -0.950. The molecule has 1 aromatic rings. The maximum Gasteiger partial charge on any atom is 0.212 e. The van der Waals surface area contributed by atoms with Gasteiger partial charge in [0, 0.05) is 19.6 Å². The normalized spacial score (nSPS) is 18.3. The zero-order valence-corrected chi connectivity index (χ0v) is 10.9. The van der Waals surface area contributed by atoms with Gasteiger partial charge in [-0.25, -0.2) is 13.1 Å². The number of benzene rings is 1. The van der Waals surface area contributed by atoms with E-state index < -0.39 is 15.6 Å². The number of aryl methyl sites for hydroxylation is 1. The number of sulfonamides is 1. The zero-order chi connectivity index (χ0) is 13.1. The highest BCUT2D eigenvalue weighted by atomic mass is 32.2. The van der Waals surface area contributed by atoms with Gasteiger partial charge in [0.05, 0.1) is 5.75 Å². The van der Waals surface area contributed by atoms with Gasteiger partial charge in [0.1, 0.15) is 5.60 Å². The largest absolute Gasteiger partial charge is 0.386 e. The third kappa shape index (κ3) is 3.78. The molecule has 3 N–H and O–H groups in total. The number of rotatable bonds is 6. The summed E-state index contributed by atoms with van der Waals surface area (Å²) < 4.78 is 25.9. The van der Waals surface area contributed by atoms with Crippen molar-refractivity contribution in [1.82, 2.24) is 10.0 Å². The Morgan fingerprint density at radius 1 is 1.28 bits per heavy atom. The van der Waals surface area contributed by atoms with Crippen molar-refractivity contribution in [3.8, 4) is 0 Å². The van der Waals surface area contributed by atoms with Crippen molar-refractivity contribution in [2.75, 3.05) is 25.4 Å². The molecule has 0 bridgehead atoms. The molecule has 1 aliphatic heterocycles. The molecule has 100 valence electrons. The second kappa shape index (κ2) is 5.36. The molecule has 1 saturated heterocycles. The zero-order valence-electron chi connectivity index (χ0n) is 10.1. The van der Waals surface area contributed by atoms with Gasteiger partial charge in [-0.2, -0.15) is 0 Å². The molecule has 0 saturated carbocycles. The minimum absolute atomic E-state index is 0.0422. The third-order valence-electron chi connectivity index (χ3n) is 3.03. The molecule has 0 amide bonds. The molecule has 0 unspecified atom stereocenters. The van der Waals surface area contributed by atoms with Crippen molar-refractivity contribution in [3.05, 3.63) is 35.9 Å². The van der Waals surface area contributed by atoms with E-state index in [1.807, 2.05) is 30.3 Å². The number of nitrogens with one attached hydrogen (secondary N) is 2. The quantitative estimate of drug-likeness (QED) is 0.650. The lowest BCUT2D eigenvalue weighted by Crippen LogP contribution is -2.64. The van der Waals surface area contributed by atoms with Gasteiger partial charge < -0.3 is 10.4 Å². The fourth-order valence-electron chi connectivity index (χ4n) is 1.75. The molecule has 1 heterocycles. The summed E-state index contributed by atoms with van der Waals surface area (Å²) in [5, 5.41) is 12.7. The van der Waals surface area contributed by atoms with Crippen molar-refractivity contribution >= 4 is 10.0 Å². The van der Waals surface area contributed by atoms with Gasteiger partial charge >= 0.3 is 0 Å². The monoisotopic (exact) mass is 270 g/mol. The molecule has 1 aromatic carbocycles. The number of β-amino-alcohol motifs (C(OH)–C–C–N with tert-alkyl or cyclic N) is 1. The number of hydrogen-bond donors (Lipinski definition) is 3. The van der Waals surface area contributed by atoms with Crippen LogP contribution in [0.5, 0.6) is 0 Å². The number of aliphatic hydroxyl groups is 1. The lowest BCUT2D eigenvalue weighted by molar-refractivity contribution is -0.00396. The standard InChI is InChI=1S/C12H18N2O3S/c15-12(8-13-9-12)10-14-18(16,17)7-6-11-4-2-1-3-5-11/h1-5,13-15H,6-10H2. The van der Waals surface area contributed by atoms with E-state index in [1.54, 1.807) is 0 Å². The van der Waals surface area contributed by atoms with E-state index in [9.17, 15) is 13.5 Å². The molecule has 0 radical (unpaired) electrons. The molecule has 0 atom stereocenters. The van der Waals surface area contributed by atoms with Crippen molar-refractivity contribution in [3.63, 3.8) is 0 Å². The third-order valence-corrected chi connectivity index (χ3v) is 4.36. The Labute approximate surface area is 107 Å². The van der Waals surface area contributed by atoms with Gasteiger partial charge in [-0.3, -0.25) is 0 Å². The first-order valence-electron chi connectivity index (χ1n) is 5.94. The summed E-state index contributed by atoms with van der Waals surface area (Å²) in [5.41, 5.74) is 0.0756. The number of hydrogen-bond acceptors (Lipinski definition) is 4. The average Bonchev–Trinajstić information content (AvgIpc) is 2.33. The lowest BCUT2D eigenvalue weighted by atomic mass is 9.98. The highest BCUT2D eigenvalue weighted by molar-refractivity contribution is 7.89. The molecule has 0 spiro atoms. The Kier molecular flexibility index (Phi) is 4.01. The van der Waals surface area contributed by atoms with Gasteiger partial charge in [-0.1, -0.05) is 30.3 Å². The summed E-state index contributed by atoms with van der Waals surface area (Å²) in [6.45, 7) is 0.958. The van der Waals surface area contributed by atoms with Crippen molar-refractivity contribution in [2.45, 2.75) is 12.0 Å². The van der Waals surface area contributed by atoms with Crippen LogP contribution in [0.25, 0.3) is 0 Å². The summed E-state index contributed by atoms with van der Waals surface area (Å²) in [6, 6.07) is 9.48. The predicted molar refractivity (Wildman–Crippen MR) is 69.8 cm³/mol. The SMILES string of the molecule is O=S(=O)(CCc1ccccc1)NCC1(O)CNC1. The maximum absolute atomic E-state index is 11.7. The van der Waals surface area contributed by atoms with Gasteiger partial charge in [0.25, 0.3) is 0 Å². The average molecular weight is 270 g/mol. The van der Waals surface area contributed by atoms with Crippen LogP contribution in [0.1, 0.15) is 5.56 Å². The maximum atomic E-state index is 11.7. The predicted octanol–water partition coefficient (Wildman–Crippen LogP) is -0.517. The van der Waals surface area contributed by atoms with Crippen LogP contribution in [0.2, 0.25) is 0 Å². The van der Waals surface area contributed by atoms with Crippen LogP contribution in [0.15, 0.2) is 30.3 Å². The summed E-state index contributed by atoms with van der Waals surface area (Å²) >= 11 is 0. The molecule has 1 aliphatic rings. The smallest absolute Gasteiger partial charge is 0.212 e. The molecule has 0 aromatic heterocycles. The van der Waals surface area contributed by atoms with E-state index in [-0.39, 0.29) is 12.3 Å². The first-order chi connectivity index (χ1) is 8.49. The summed E-state index contributed by atoms with van der Waals surface area (Å²) in [6.07, 6.45) is 0.479. The van der Waals surface area contributed by atoms with Crippen molar-refractivity contribution in [1.29, 1.82) is 0 Å². The van der Waals surface area contributed by atoms with Crippen molar-refractivity contribution in [2.24, 2.45) is 0 Å². The van der Waals surface area contributed by atoms with Gasteiger partial charge in [-0.15, -0.1) is 0 Å². The van der Waals surface area contributed by atoms with E-state index >= 15 is 0 Å². The topological polar surface area (TPSA) is 78.4 Å². The van der Waals surface area contributed by atoms with E-state index in [0.29, 0.717) is 19.5 Å². The fourth-order valence-corrected chi connectivity index (χ4v) is 2.89. The molecule has 0 aliphatic carbocycles. The molecular formula is C12H18N2O3S. The first kappa shape index (κ1) is 13.5. The highest BCUT2D eigenvalue weighted by Gasteiger charge is 2.35. The molecular weight excluding hydrogens is 252 g/mol. The molecule has 18 heavy (non-hydrogen) atoms.